The lowest BCUT2D eigenvalue weighted by Gasteiger charge is -2.26. The molecule has 0 heterocycles. The highest BCUT2D eigenvalue weighted by Gasteiger charge is 2.18. The molecule has 0 rings (SSSR count). The van der Waals surface area contributed by atoms with Crippen LogP contribution in [-0.4, -0.2) is 0 Å². The molecule has 2 atom stereocenters. The van der Waals surface area contributed by atoms with Crippen LogP contribution < -0.4 is 0 Å². The third kappa shape index (κ3) is 6.22. The van der Waals surface area contributed by atoms with Gasteiger partial charge in [-0.15, -0.1) is 0 Å². The van der Waals surface area contributed by atoms with Gasteiger partial charge in [-0.05, 0) is 42.4 Å². The molecule has 0 heteroatoms. The van der Waals surface area contributed by atoms with E-state index in [0.29, 0.717) is 0 Å². The van der Waals surface area contributed by atoms with Crippen LogP contribution in [0.4, 0.5) is 0 Å². The van der Waals surface area contributed by atoms with Crippen LogP contribution >= 0.6 is 0 Å². The van der Waals surface area contributed by atoms with Crippen LogP contribution in [0.15, 0.2) is 0 Å². The molecule has 0 aliphatic rings. The van der Waals surface area contributed by atoms with E-state index in [9.17, 15) is 0 Å². The van der Waals surface area contributed by atoms with Crippen LogP contribution in [0.3, 0.4) is 0 Å². The molecule has 0 saturated heterocycles. The molecule has 0 amide bonds. The number of rotatable bonds is 7. The molecule has 0 aromatic carbocycles. The zero-order valence-corrected chi connectivity index (χ0v) is 12.0. The minimum atomic E-state index is 0.841. The summed E-state index contributed by atoms with van der Waals surface area (Å²) in [7, 11) is 0. The van der Waals surface area contributed by atoms with Crippen molar-refractivity contribution in [3.8, 4) is 0 Å². The van der Waals surface area contributed by atoms with E-state index < -0.39 is 0 Å². The van der Waals surface area contributed by atoms with Crippen molar-refractivity contribution in [2.75, 3.05) is 0 Å². The predicted molar refractivity (Wildman–Crippen MR) is 71.0 cm³/mol. The van der Waals surface area contributed by atoms with E-state index in [-0.39, 0.29) is 0 Å². The van der Waals surface area contributed by atoms with Gasteiger partial charge < -0.3 is 0 Å². The van der Waals surface area contributed by atoms with Crippen molar-refractivity contribution in [1.29, 1.82) is 0 Å². The molecular formula is C15H32. The standard InChI is InChI=1S/C15H32/c1-8-15(9-13(6)11(2)3)10-14(7)12(4)5/h11-15H,8-10H2,1-7H3. The average molecular weight is 212 g/mol. The first-order valence-electron chi connectivity index (χ1n) is 6.88. The molecule has 0 radical (unpaired) electrons. The Labute approximate surface area is 97.8 Å². The van der Waals surface area contributed by atoms with Gasteiger partial charge in [0.2, 0.25) is 0 Å². The molecule has 0 aromatic heterocycles. The Balaban J connectivity index is 4.03. The summed E-state index contributed by atoms with van der Waals surface area (Å²) in [4.78, 5) is 0. The van der Waals surface area contributed by atoms with Crippen LogP contribution in [0.5, 0.6) is 0 Å². The second-order valence-corrected chi connectivity index (χ2v) is 6.19. The highest BCUT2D eigenvalue weighted by atomic mass is 14.2. The highest BCUT2D eigenvalue weighted by Crippen LogP contribution is 2.29. The molecule has 0 bridgehead atoms. The van der Waals surface area contributed by atoms with E-state index in [1.807, 2.05) is 0 Å². The molecule has 0 aliphatic heterocycles. The van der Waals surface area contributed by atoms with Crippen molar-refractivity contribution in [1.82, 2.24) is 0 Å². The van der Waals surface area contributed by atoms with Gasteiger partial charge in [0.1, 0.15) is 0 Å². The summed E-state index contributed by atoms with van der Waals surface area (Å²) in [6.07, 6.45) is 4.20. The summed E-state index contributed by atoms with van der Waals surface area (Å²) in [5, 5.41) is 0. The van der Waals surface area contributed by atoms with E-state index >= 15 is 0 Å². The summed E-state index contributed by atoms with van der Waals surface area (Å²) in [5.74, 6) is 4.39. The van der Waals surface area contributed by atoms with Crippen molar-refractivity contribution in [2.45, 2.75) is 67.7 Å². The molecule has 0 saturated carbocycles. The van der Waals surface area contributed by atoms with Gasteiger partial charge in [-0.2, -0.15) is 0 Å². The Kier molecular flexibility index (Phi) is 7.30. The molecule has 0 spiro atoms. The van der Waals surface area contributed by atoms with Crippen LogP contribution in [0, 0.1) is 29.6 Å². The summed E-state index contributed by atoms with van der Waals surface area (Å²) >= 11 is 0. The largest absolute Gasteiger partial charge is 0.0651 e. The second-order valence-electron chi connectivity index (χ2n) is 6.19. The molecular weight excluding hydrogens is 180 g/mol. The lowest BCUT2D eigenvalue weighted by Crippen LogP contribution is -2.15. The molecule has 0 fully saturated rings. The molecule has 2 unspecified atom stereocenters. The summed E-state index contributed by atoms with van der Waals surface area (Å²) in [6.45, 7) is 16.6. The van der Waals surface area contributed by atoms with E-state index in [2.05, 4.69) is 48.5 Å². The van der Waals surface area contributed by atoms with Crippen molar-refractivity contribution < 1.29 is 0 Å². The first kappa shape index (κ1) is 15.0. The summed E-state index contributed by atoms with van der Waals surface area (Å²) in [6, 6.07) is 0. The topological polar surface area (TPSA) is 0 Å². The predicted octanol–water partition coefficient (Wildman–Crippen LogP) is 5.38. The average Bonchev–Trinajstić information content (AvgIpc) is 2.15. The van der Waals surface area contributed by atoms with E-state index in [1.165, 1.54) is 19.3 Å². The zero-order valence-electron chi connectivity index (χ0n) is 12.0. The first-order chi connectivity index (χ1) is 6.88. The fourth-order valence-corrected chi connectivity index (χ4v) is 2.03. The molecule has 0 nitrogen and oxygen atoms in total. The van der Waals surface area contributed by atoms with Gasteiger partial charge >= 0.3 is 0 Å². The normalized spacial score (nSPS) is 18.2. The fourth-order valence-electron chi connectivity index (χ4n) is 2.03. The Bertz CT molecular complexity index is 130. The van der Waals surface area contributed by atoms with E-state index in [0.717, 1.165) is 29.6 Å². The van der Waals surface area contributed by atoms with Crippen molar-refractivity contribution in [3.05, 3.63) is 0 Å². The minimum Gasteiger partial charge on any atom is -0.0651 e. The third-order valence-electron chi connectivity index (χ3n) is 4.26. The smallest absolute Gasteiger partial charge is 0.0412 e. The maximum absolute atomic E-state index is 2.41. The Hall–Kier alpha value is 0. The molecule has 92 valence electrons. The van der Waals surface area contributed by atoms with Crippen LogP contribution in [0.2, 0.25) is 0 Å². The Morgan fingerprint density at radius 1 is 0.667 bits per heavy atom. The molecule has 0 N–H and O–H groups in total. The molecule has 15 heavy (non-hydrogen) atoms. The highest BCUT2D eigenvalue weighted by molar-refractivity contribution is 4.69. The lowest BCUT2D eigenvalue weighted by atomic mass is 9.80. The van der Waals surface area contributed by atoms with Gasteiger partial charge in [-0.25, -0.2) is 0 Å². The van der Waals surface area contributed by atoms with Gasteiger partial charge in [-0.3, -0.25) is 0 Å². The van der Waals surface area contributed by atoms with Crippen LogP contribution in [-0.2, 0) is 0 Å². The quantitative estimate of drug-likeness (QED) is 0.531. The van der Waals surface area contributed by atoms with E-state index in [4.69, 9.17) is 0 Å². The van der Waals surface area contributed by atoms with Crippen molar-refractivity contribution >= 4 is 0 Å². The first-order valence-corrected chi connectivity index (χ1v) is 6.88. The molecule has 0 aliphatic carbocycles. The van der Waals surface area contributed by atoms with Crippen LogP contribution in [0.1, 0.15) is 67.7 Å². The number of hydrogen-bond donors (Lipinski definition) is 0. The maximum atomic E-state index is 2.41. The summed E-state index contributed by atoms with van der Waals surface area (Å²) in [5.41, 5.74) is 0. The zero-order chi connectivity index (χ0) is 12.0. The minimum absolute atomic E-state index is 0.841. The number of hydrogen-bond acceptors (Lipinski definition) is 0. The van der Waals surface area contributed by atoms with Gasteiger partial charge in [0.25, 0.3) is 0 Å². The van der Waals surface area contributed by atoms with E-state index in [1.54, 1.807) is 0 Å². The van der Waals surface area contributed by atoms with Gasteiger partial charge in [0.15, 0.2) is 0 Å². The molecule has 0 aromatic rings. The van der Waals surface area contributed by atoms with Gasteiger partial charge in [0.05, 0.1) is 0 Å². The maximum Gasteiger partial charge on any atom is -0.0412 e. The second kappa shape index (κ2) is 7.30. The van der Waals surface area contributed by atoms with Crippen molar-refractivity contribution in [2.24, 2.45) is 29.6 Å². The van der Waals surface area contributed by atoms with Crippen molar-refractivity contribution in [3.63, 3.8) is 0 Å². The fraction of sp³-hybridized carbons (Fsp3) is 1.00. The Morgan fingerprint density at radius 2 is 1.00 bits per heavy atom. The monoisotopic (exact) mass is 212 g/mol. The van der Waals surface area contributed by atoms with Crippen LogP contribution in [0.25, 0.3) is 0 Å². The van der Waals surface area contributed by atoms with Gasteiger partial charge in [-0.1, -0.05) is 54.9 Å². The lowest BCUT2D eigenvalue weighted by molar-refractivity contribution is 0.249. The van der Waals surface area contributed by atoms with Gasteiger partial charge in [0, 0.05) is 0 Å². The summed E-state index contributed by atoms with van der Waals surface area (Å²) < 4.78 is 0. The third-order valence-corrected chi connectivity index (χ3v) is 4.26. The Morgan fingerprint density at radius 3 is 1.20 bits per heavy atom. The SMILES string of the molecule is CCC(CC(C)C(C)C)CC(C)C(C)C.